The Balaban J connectivity index is 1.75. The molecule has 0 radical (unpaired) electrons. The van der Waals surface area contributed by atoms with E-state index in [2.05, 4.69) is 19.1 Å². The lowest BCUT2D eigenvalue weighted by molar-refractivity contribution is 0.149. The molecule has 30 heavy (non-hydrogen) atoms. The molecule has 0 bridgehead atoms. The number of hydrogen-bond donors (Lipinski definition) is 0. The van der Waals surface area contributed by atoms with Crippen molar-refractivity contribution >= 4 is 0 Å². The van der Waals surface area contributed by atoms with Crippen LogP contribution in [0.15, 0.2) is 48.5 Å². The summed E-state index contributed by atoms with van der Waals surface area (Å²) in [4.78, 5) is 0. The van der Waals surface area contributed by atoms with Gasteiger partial charge in [0.05, 0.1) is 6.61 Å². The maximum Gasteiger partial charge on any atom is 0.131 e. The molecule has 0 saturated heterocycles. The Morgan fingerprint density at radius 3 is 1.87 bits per heavy atom. The van der Waals surface area contributed by atoms with Gasteiger partial charge in [-0.15, -0.1) is 0 Å². The van der Waals surface area contributed by atoms with Gasteiger partial charge in [-0.1, -0.05) is 88.8 Å². The lowest BCUT2D eigenvalue weighted by Gasteiger charge is -2.13. The molecule has 0 heterocycles. The first-order valence-corrected chi connectivity index (χ1v) is 11.7. The summed E-state index contributed by atoms with van der Waals surface area (Å²) in [5.41, 5.74) is 3.29. The second kappa shape index (κ2) is 14.2. The molecule has 0 fully saturated rings. The largest absolute Gasteiger partial charge is 0.494 e. The molecule has 3 heteroatoms. The molecule has 2 rings (SSSR count). The van der Waals surface area contributed by atoms with E-state index in [0.29, 0.717) is 19.3 Å². The standard InChI is InChI=1S/C27H38F2O/c1-3-5-6-7-8-9-21-30-25-18-16-24(17-19-25)23-14-11-22(12-15-23)13-20-27(29)26(28)10-4-2/h11-12,14-19,26-27H,3-10,13,20-21H2,1-2H3/t26-,27-/m1/s1. The van der Waals surface area contributed by atoms with Crippen LogP contribution in [0.5, 0.6) is 5.75 Å². The third kappa shape index (κ3) is 8.85. The minimum atomic E-state index is -1.37. The third-order valence-corrected chi connectivity index (χ3v) is 5.57. The van der Waals surface area contributed by atoms with Crippen LogP contribution < -0.4 is 4.74 Å². The quantitative estimate of drug-likeness (QED) is 0.264. The molecule has 0 aromatic heterocycles. The van der Waals surface area contributed by atoms with Crippen molar-refractivity contribution in [2.24, 2.45) is 0 Å². The molecule has 0 unspecified atom stereocenters. The van der Waals surface area contributed by atoms with Crippen molar-refractivity contribution in [1.29, 1.82) is 0 Å². The lowest BCUT2D eigenvalue weighted by Crippen LogP contribution is -2.17. The van der Waals surface area contributed by atoms with E-state index in [4.69, 9.17) is 4.74 Å². The van der Waals surface area contributed by atoms with Crippen LogP contribution in [-0.4, -0.2) is 19.0 Å². The van der Waals surface area contributed by atoms with Crippen molar-refractivity contribution in [2.45, 2.75) is 90.4 Å². The molecular formula is C27H38F2O. The zero-order valence-electron chi connectivity index (χ0n) is 18.7. The van der Waals surface area contributed by atoms with E-state index in [1.807, 2.05) is 43.3 Å². The molecule has 1 nitrogen and oxygen atoms in total. The van der Waals surface area contributed by atoms with E-state index in [0.717, 1.165) is 35.5 Å². The SMILES string of the molecule is CCCCCCCCOc1ccc(-c2ccc(CC[C@@H](F)[C@H](F)CCC)cc2)cc1. The summed E-state index contributed by atoms with van der Waals surface area (Å²) in [6, 6.07) is 16.3. The van der Waals surface area contributed by atoms with Crippen LogP contribution in [0.4, 0.5) is 8.78 Å². The zero-order chi connectivity index (χ0) is 21.6. The minimum Gasteiger partial charge on any atom is -0.494 e. The number of halogens is 2. The fourth-order valence-corrected chi connectivity index (χ4v) is 3.62. The third-order valence-electron chi connectivity index (χ3n) is 5.57. The fourth-order valence-electron chi connectivity index (χ4n) is 3.62. The van der Waals surface area contributed by atoms with E-state index >= 15 is 0 Å². The molecule has 0 N–H and O–H groups in total. The van der Waals surface area contributed by atoms with Gasteiger partial charge >= 0.3 is 0 Å². The second-order valence-corrected chi connectivity index (χ2v) is 8.20. The van der Waals surface area contributed by atoms with Gasteiger partial charge in [-0.2, -0.15) is 0 Å². The summed E-state index contributed by atoms with van der Waals surface area (Å²) < 4.78 is 33.3. The highest BCUT2D eigenvalue weighted by Crippen LogP contribution is 2.24. The van der Waals surface area contributed by atoms with Crippen LogP contribution in [0, 0.1) is 0 Å². The van der Waals surface area contributed by atoms with Crippen LogP contribution in [0.1, 0.15) is 77.2 Å². The summed E-state index contributed by atoms with van der Waals surface area (Å²) in [7, 11) is 0. The van der Waals surface area contributed by atoms with Crippen LogP contribution in [0.3, 0.4) is 0 Å². The monoisotopic (exact) mass is 416 g/mol. The van der Waals surface area contributed by atoms with Gasteiger partial charge in [-0.3, -0.25) is 0 Å². The first kappa shape index (κ1) is 24.4. The van der Waals surface area contributed by atoms with Crippen molar-refractivity contribution in [2.75, 3.05) is 6.61 Å². The van der Waals surface area contributed by atoms with Gasteiger partial charge in [0.1, 0.15) is 18.1 Å². The number of alkyl halides is 2. The fraction of sp³-hybridized carbons (Fsp3) is 0.556. The van der Waals surface area contributed by atoms with Gasteiger partial charge in [0.15, 0.2) is 0 Å². The maximum atomic E-state index is 13.8. The van der Waals surface area contributed by atoms with Crippen molar-refractivity contribution < 1.29 is 13.5 Å². The number of unbranched alkanes of at least 4 members (excludes halogenated alkanes) is 5. The van der Waals surface area contributed by atoms with Crippen LogP contribution in [0.25, 0.3) is 11.1 Å². The van der Waals surface area contributed by atoms with E-state index in [1.165, 1.54) is 32.1 Å². The molecule has 0 aliphatic rings. The van der Waals surface area contributed by atoms with E-state index in [9.17, 15) is 8.78 Å². The average Bonchev–Trinajstić information content (AvgIpc) is 2.78. The first-order valence-electron chi connectivity index (χ1n) is 11.7. The molecule has 166 valence electrons. The predicted octanol–water partition coefficient (Wildman–Crippen LogP) is 8.50. The summed E-state index contributed by atoms with van der Waals surface area (Å²) in [5, 5.41) is 0. The molecule has 2 aromatic carbocycles. The Hall–Kier alpha value is -1.90. The van der Waals surface area contributed by atoms with Crippen LogP contribution in [-0.2, 0) is 6.42 Å². The summed E-state index contributed by atoms with van der Waals surface area (Å²) >= 11 is 0. The normalized spacial score (nSPS) is 13.2. The first-order chi connectivity index (χ1) is 14.6. The van der Waals surface area contributed by atoms with E-state index < -0.39 is 12.3 Å². The molecule has 0 amide bonds. The van der Waals surface area contributed by atoms with Gasteiger partial charge in [0, 0.05) is 0 Å². The molecular weight excluding hydrogens is 378 g/mol. The number of benzene rings is 2. The van der Waals surface area contributed by atoms with Crippen molar-refractivity contribution in [3.63, 3.8) is 0 Å². The van der Waals surface area contributed by atoms with Gasteiger partial charge < -0.3 is 4.74 Å². The second-order valence-electron chi connectivity index (χ2n) is 8.20. The molecule has 0 aliphatic heterocycles. The average molecular weight is 417 g/mol. The summed E-state index contributed by atoms with van der Waals surface area (Å²) in [6.07, 6.45) is 6.66. The highest BCUT2D eigenvalue weighted by Gasteiger charge is 2.18. The molecule has 0 spiro atoms. The Kier molecular flexibility index (Phi) is 11.5. The molecule has 2 aromatic rings. The number of rotatable bonds is 15. The summed E-state index contributed by atoms with van der Waals surface area (Å²) in [6.45, 7) is 4.89. The van der Waals surface area contributed by atoms with Gasteiger partial charge in [0.25, 0.3) is 0 Å². The Morgan fingerprint density at radius 2 is 1.23 bits per heavy atom. The topological polar surface area (TPSA) is 9.23 Å². The van der Waals surface area contributed by atoms with E-state index in [-0.39, 0.29) is 6.42 Å². The van der Waals surface area contributed by atoms with Crippen molar-refractivity contribution in [1.82, 2.24) is 0 Å². The lowest BCUT2D eigenvalue weighted by atomic mass is 9.99. The number of aryl methyl sites for hydroxylation is 1. The van der Waals surface area contributed by atoms with Crippen LogP contribution in [0.2, 0.25) is 0 Å². The van der Waals surface area contributed by atoms with Gasteiger partial charge in [-0.25, -0.2) is 8.78 Å². The van der Waals surface area contributed by atoms with Gasteiger partial charge in [0.2, 0.25) is 0 Å². The van der Waals surface area contributed by atoms with Crippen molar-refractivity contribution in [3.8, 4) is 16.9 Å². The molecule has 0 saturated carbocycles. The van der Waals surface area contributed by atoms with Gasteiger partial charge in [-0.05, 0) is 54.5 Å². The number of ether oxygens (including phenoxy) is 1. The highest BCUT2D eigenvalue weighted by atomic mass is 19.2. The Bertz CT molecular complexity index is 681. The summed E-state index contributed by atoms with van der Waals surface area (Å²) in [5.74, 6) is 0.908. The predicted molar refractivity (Wildman–Crippen MR) is 124 cm³/mol. The van der Waals surface area contributed by atoms with E-state index in [1.54, 1.807) is 0 Å². The Labute approximate surface area is 181 Å². The zero-order valence-corrected chi connectivity index (χ0v) is 18.7. The minimum absolute atomic E-state index is 0.241. The highest BCUT2D eigenvalue weighted by molar-refractivity contribution is 5.64. The molecule has 2 atom stereocenters. The number of hydrogen-bond acceptors (Lipinski definition) is 1. The smallest absolute Gasteiger partial charge is 0.131 e. The van der Waals surface area contributed by atoms with Crippen molar-refractivity contribution in [3.05, 3.63) is 54.1 Å². The van der Waals surface area contributed by atoms with Crippen LogP contribution >= 0.6 is 0 Å². The maximum absolute atomic E-state index is 13.8. The molecule has 0 aliphatic carbocycles. The Morgan fingerprint density at radius 1 is 0.667 bits per heavy atom.